The molecular weight excluding hydrogens is 208 g/mol. The van der Waals surface area contributed by atoms with Crippen LogP contribution in [-0.4, -0.2) is 60.9 Å². The SMILES string of the molecule is CCNC(=O)CCN1CC(C)OC(CO)C1. The molecule has 1 aliphatic rings. The van der Waals surface area contributed by atoms with Crippen LogP contribution in [-0.2, 0) is 9.53 Å². The van der Waals surface area contributed by atoms with Crippen LogP contribution in [0.3, 0.4) is 0 Å². The Morgan fingerprint density at radius 1 is 1.56 bits per heavy atom. The van der Waals surface area contributed by atoms with Crippen molar-refractivity contribution in [3.8, 4) is 0 Å². The van der Waals surface area contributed by atoms with Gasteiger partial charge < -0.3 is 15.2 Å². The van der Waals surface area contributed by atoms with Gasteiger partial charge in [-0.2, -0.15) is 0 Å². The van der Waals surface area contributed by atoms with Crippen molar-refractivity contribution < 1.29 is 14.6 Å². The maximum Gasteiger partial charge on any atom is 0.221 e. The van der Waals surface area contributed by atoms with E-state index in [1.807, 2.05) is 13.8 Å². The predicted octanol–water partition coefficient (Wildman–Crippen LogP) is -0.406. The number of hydrogen-bond donors (Lipinski definition) is 2. The molecule has 0 aromatic rings. The molecule has 94 valence electrons. The molecule has 0 bridgehead atoms. The molecule has 2 N–H and O–H groups in total. The second-order valence-corrected chi connectivity index (χ2v) is 4.21. The molecule has 0 aromatic heterocycles. The first-order chi connectivity index (χ1) is 7.65. The molecule has 1 fully saturated rings. The minimum absolute atomic E-state index is 0.0436. The second-order valence-electron chi connectivity index (χ2n) is 4.21. The van der Waals surface area contributed by atoms with Gasteiger partial charge in [-0.05, 0) is 13.8 Å². The van der Waals surface area contributed by atoms with Crippen LogP contribution in [0.2, 0.25) is 0 Å². The lowest BCUT2D eigenvalue weighted by atomic mass is 10.2. The standard InChI is InChI=1S/C11H22N2O3/c1-3-12-11(15)4-5-13-6-9(2)16-10(7-13)8-14/h9-10,14H,3-8H2,1-2H3,(H,12,15). The van der Waals surface area contributed by atoms with E-state index >= 15 is 0 Å². The molecule has 2 atom stereocenters. The lowest BCUT2D eigenvalue weighted by Gasteiger charge is -2.35. The van der Waals surface area contributed by atoms with Gasteiger partial charge in [0.2, 0.25) is 5.91 Å². The van der Waals surface area contributed by atoms with Crippen LogP contribution in [0.1, 0.15) is 20.3 Å². The summed E-state index contributed by atoms with van der Waals surface area (Å²) < 4.78 is 5.53. The van der Waals surface area contributed by atoms with Crippen molar-refractivity contribution in [2.45, 2.75) is 32.5 Å². The summed E-state index contributed by atoms with van der Waals surface area (Å²) in [6, 6.07) is 0. The quantitative estimate of drug-likeness (QED) is 0.674. The molecule has 0 aromatic carbocycles. The molecule has 0 saturated carbocycles. The Morgan fingerprint density at radius 2 is 2.31 bits per heavy atom. The first-order valence-corrected chi connectivity index (χ1v) is 5.91. The third kappa shape index (κ3) is 4.47. The Hall–Kier alpha value is -0.650. The predicted molar refractivity (Wildman–Crippen MR) is 61.2 cm³/mol. The lowest BCUT2D eigenvalue weighted by molar-refractivity contribution is -0.123. The fraction of sp³-hybridized carbons (Fsp3) is 0.909. The molecular formula is C11H22N2O3. The van der Waals surface area contributed by atoms with Crippen molar-refractivity contribution >= 4 is 5.91 Å². The zero-order chi connectivity index (χ0) is 12.0. The maximum absolute atomic E-state index is 11.3. The fourth-order valence-electron chi connectivity index (χ4n) is 1.97. The van der Waals surface area contributed by atoms with Crippen molar-refractivity contribution in [3.63, 3.8) is 0 Å². The van der Waals surface area contributed by atoms with Crippen LogP contribution >= 0.6 is 0 Å². The van der Waals surface area contributed by atoms with E-state index in [0.29, 0.717) is 19.5 Å². The van der Waals surface area contributed by atoms with Gasteiger partial charge in [0.05, 0.1) is 18.8 Å². The average Bonchev–Trinajstić information content (AvgIpc) is 2.26. The first kappa shape index (κ1) is 13.4. The number of ether oxygens (including phenoxy) is 1. The summed E-state index contributed by atoms with van der Waals surface area (Å²) >= 11 is 0. The summed E-state index contributed by atoms with van der Waals surface area (Å²) in [7, 11) is 0. The van der Waals surface area contributed by atoms with Gasteiger partial charge in [0.15, 0.2) is 0 Å². The summed E-state index contributed by atoms with van der Waals surface area (Å²) in [6.45, 7) is 6.89. The highest BCUT2D eigenvalue weighted by molar-refractivity contribution is 5.75. The Balaban J connectivity index is 2.27. The van der Waals surface area contributed by atoms with Gasteiger partial charge in [-0.15, -0.1) is 0 Å². The molecule has 0 spiro atoms. The molecule has 1 rings (SSSR count). The molecule has 0 aliphatic carbocycles. The van der Waals surface area contributed by atoms with Gasteiger partial charge in [-0.3, -0.25) is 9.69 Å². The molecule has 16 heavy (non-hydrogen) atoms. The third-order valence-corrected chi connectivity index (χ3v) is 2.63. The number of carbonyl (C=O) groups excluding carboxylic acids is 1. The Morgan fingerprint density at radius 3 is 2.94 bits per heavy atom. The summed E-state index contributed by atoms with van der Waals surface area (Å²) in [6.07, 6.45) is 0.525. The molecule has 1 saturated heterocycles. The van der Waals surface area contributed by atoms with E-state index in [9.17, 15) is 4.79 Å². The van der Waals surface area contributed by atoms with Gasteiger partial charge >= 0.3 is 0 Å². The van der Waals surface area contributed by atoms with E-state index in [-0.39, 0.29) is 24.7 Å². The van der Waals surface area contributed by atoms with E-state index < -0.39 is 0 Å². The van der Waals surface area contributed by atoms with Gasteiger partial charge in [0.1, 0.15) is 0 Å². The van der Waals surface area contributed by atoms with Crippen molar-refractivity contribution in [1.82, 2.24) is 10.2 Å². The van der Waals surface area contributed by atoms with E-state index in [2.05, 4.69) is 10.2 Å². The van der Waals surface area contributed by atoms with Crippen LogP contribution in [0, 0.1) is 0 Å². The second kappa shape index (κ2) is 6.83. The van der Waals surface area contributed by atoms with Crippen LogP contribution < -0.4 is 5.32 Å². The van der Waals surface area contributed by atoms with Crippen LogP contribution in [0.4, 0.5) is 0 Å². The van der Waals surface area contributed by atoms with Crippen molar-refractivity contribution in [2.24, 2.45) is 0 Å². The minimum atomic E-state index is -0.113. The average molecular weight is 230 g/mol. The normalized spacial score (nSPS) is 26.7. The molecule has 1 amide bonds. The number of amides is 1. The Bertz CT molecular complexity index is 223. The number of morpholine rings is 1. The highest BCUT2D eigenvalue weighted by Crippen LogP contribution is 2.10. The number of nitrogens with zero attached hydrogens (tertiary/aromatic N) is 1. The largest absolute Gasteiger partial charge is 0.394 e. The fourth-order valence-corrected chi connectivity index (χ4v) is 1.97. The van der Waals surface area contributed by atoms with E-state index in [0.717, 1.165) is 13.1 Å². The third-order valence-electron chi connectivity index (χ3n) is 2.63. The zero-order valence-electron chi connectivity index (χ0n) is 10.1. The summed E-state index contributed by atoms with van der Waals surface area (Å²) in [5.74, 6) is 0.0854. The van der Waals surface area contributed by atoms with Crippen molar-refractivity contribution in [2.75, 3.05) is 32.8 Å². The first-order valence-electron chi connectivity index (χ1n) is 5.91. The highest BCUT2D eigenvalue weighted by atomic mass is 16.5. The number of aliphatic hydroxyl groups is 1. The van der Waals surface area contributed by atoms with E-state index in [1.165, 1.54) is 0 Å². The van der Waals surface area contributed by atoms with Gasteiger partial charge in [0.25, 0.3) is 0 Å². The van der Waals surface area contributed by atoms with Crippen LogP contribution in [0.5, 0.6) is 0 Å². The van der Waals surface area contributed by atoms with Gasteiger partial charge in [0, 0.05) is 32.6 Å². The highest BCUT2D eigenvalue weighted by Gasteiger charge is 2.24. The van der Waals surface area contributed by atoms with E-state index in [1.54, 1.807) is 0 Å². The van der Waals surface area contributed by atoms with Crippen LogP contribution in [0.15, 0.2) is 0 Å². The number of aliphatic hydroxyl groups excluding tert-OH is 1. The Kier molecular flexibility index (Phi) is 5.73. The summed E-state index contributed by atoms with van der Waals surface area (Å²) in [4.78, 5) is 13.5. The minimum Gasteiger partial charge on any atom is -0.394 e. The molecule has 5 heteroatoms. The van der Waals surface area contributed by atoms with Crippen LogP contribution in [0.25, 0.3) is 0 Å². The summed E-state index contributed by atoms with van der Waals surface area (Å²) in [5.41, 5.74) is 0. The number of carbonyl (C=O) groups is 1. The number of nitrogens with one attached hydrogen (secondary N) is 1. The molecule has 5 nitrogen and oxygen atoms in total. The Labute approximate surface area is 96.8 Å². The van der Waals surface area contributed by atoms with E-state index in [4.69, 9.17) is 9.84 Å². The molecule has 1 heterocycles. The number of hydrogen-bond acceptors (Lipinski definition) is 4. The summed E-state index contributed by atoms with van der Waals surface area (Å²) in [5, 5.41) is 11.8. The van der Waals surface area contributed by atoms with Gasteiger partial charge in [-0.25, -0.2) is 0 Å². The molecule has 1 aliphatic heterocycles. The monoisotopic (exact) mass is 230 g/mol. The van der Waals surface area contributed by atoms with Crippen molar-refractivity contribution in [1.29, 1.82) is 0 Å². The molecule has 0 radical (unpaired) electrons. The maximum atomic E-state index is 11.3. The smallest absolute Gasteiger partial charge is 0.221 e. The number of rotatable bonds is 5. The zero-order valence-corrected chi connectivity index (χ0v) is 10.1. The lowest BCUT2D eigenvalue weighted by Crippen LogP contribution is -2.48. The molecule has 2 unspecified atom stereocenters. The van der Waals surface area contributed by atoms with Gasteiger partial charge in [-0.1, -0.05) is 0 Å². The topological polar surface area (TPSA) is 61.8 Å². The van der Waals surface area contributed by atoms with Crippen molar-refractivity contribution in [3.05, 3.63) is 0 Å².